The van der Waals surface area contributed by atoms with Crippen LogP contribution in [0.2, 0.25) is 0 Å². The van der Waals surface area contributed by atoms with Crippen molar-refractivity contribution in [1.29, 1.82) is 0 Å². The van der Waals surface area contributed by atoms with Crippen LogP contribution in [0.5, 0.6) is 5.75 Å². The molecule has 1 saturated heterocycles. The molecule has 0 bridgehead atoms. The lowest BCUT2D eigenvalue weighted by Crippen LogP contribution is -2.50. The van der Waals surface area contributed by atoms with E-state index in [0.717, 1.165) is 89.5 Å². The number of amides is 3. The molecule has 1 spiro atoms. The third kappa shape index (κ3) is 8.96. The molecule has 2 fully saturated rings. The number of piperidine rings is 1. The molecule has 1 saturated carbocycles. The number of para-hydroxylation sites is 1. The third-order valence-corrected chi connectivity index (χ3v) is 9.78. The number of rotatable bonds is 7. The first-order valence-electron chi connectivity index (χ1n) is 16.9. The van der Waals surface area contributed by atoms with Gasteiger partial charge in [0.2, 0.25) is 11.8 Å². The van der Waals surface area contributed by atoms with Crippen molar-refractivity contribution < 1.29 is 19.1 Å². The van der Waals surface area contributed by atoms with Crippen LogP contribution in [0, 0.1) is 5.41 Å². The Bertz CT molecular complexity index is 1360. The van der Waals surface area contributed by atoms with Gasteiger partial charge in [-0.1, -0.05) is 50.3 Å². The number of fused-ring (bicyclic) bond motifs is 1. The molecule has 1 aromatic carbocycles. The zero-order valence-electron chi connectivity index (χ0n) is 26.5. The van der Waals surface area contributed by atoms with Gasteiger partial charge in [0.15, 0.2) is 0 Å². The summed E-state index contributed by atoms with van der Waals surface area (Å²) in [7, 11) is 0. The summed E-state index contributed by atoms with van der Waals surface area (Å²) >= 11 is 0. The minimum atomic E-state index is -0.466. The molecule has 0 unspecified atom stereocenters. The third-order valence-electron chi connectivity index (χ3n) is 9.78. The van der Waals surface area contributed by atoms with Gasteiger partial charge in [-0.15, -0.1) is 0 Å². The number of hydrogen-bond acceptors (Lipinski definition) is 6. The van der Waals surface area contributed by atoms with Crippen LogP contribution in [0.1, 0.15) is 86.6 Å². The van der Waals surface area contributed by atoms with Gasteiger partial charge in [0.1, 0.15) is 24.5 Å². The highest BCUT2D eigenvalue weighted by Gasteiger charge is 2.40. The second-order valence-corrected chi connectivity index (χ2v) is 12.9. The number of benzene rings is 1. The van der Waals surface area contributed by atoms with Crippen LogP contribution in [0.3, 0.4) is 0 Å². The lowest BCUT2D eigenvalue weighted by Gasteiger charge is -2.41. The number of ether oxygens (including phenoxy) is 1. The molecule has 3 aliphatic rings. The molecule has 2 aliphatic heterocycles. The van der Waals surface area contributed by atoms with E-state index in [-0.39, 0.29) is 35.4 Å². The van der Waals surface area contributed by atoms with E-state index in [2.05, 4.69) is 33.0 Å². The fourth-order valence-corrected chi connectivity index (χ4v) is 7.05. The van der Waals surface area contributed by atoms with Crippen molar-refractivity contribution in [2.75, 3.05) is 39.3 Å². The van der Waals surface area contributed by atoms with E-state index >= 15 is 0 Å². The van der Waals surface area contributed by atoms with Crippen LogP contribution >= 0.6 is 0 Å². The van der Waals surface area contributed by atoms with E-state index in [0.29, 0.717) is 26.2 Å². The summed E-state index contributed by atoms with van der Waals surface area (Å²) in [6, 6.07) is 11.5. The Kier molecular flexibility index (Phi) is 11.7. The van der Waals surface area contributed by atoms with Crippen LogP contribution in [0.15, 0.2) is 47.4 Å². The number of nitrogens with one attached hydrogen (secondary N) is 3. The van der Waals surface area contributed by atoms with Crippen molar-refractivity contribution in [3.05, 3.63) is 64.1 Å². The highest BCUT2D eigenvalue weighted by atomic mass is 16.5. The normalized spacial score (nSPS) is 20.0. The van der Waals surface area contributed by atoms with Crippen LogP contribution in [-0.4, -0.2) is 72.6 Å². The molecule has 244 valence electrons. The lowest BCUT2D eigenvalue weighted by atomic mass is 9.73. The number of likely N-dealkylation sites (tertiary alicyclic amines) is 1. The van der Waals surface area contributed by atoms with Crippen molar-refractivity contribution in [1.82, 2.24) is 25.4 Å². The predicted molar refractivity (Wildman–Crippen MR) is 173 cm³/mol. The number of aryl methyl sites for hydroxylation is 1. The van der Waals surface area contributed by atoms with E-state index in [4.69, 9.17) is 4.74 Å². The van der Waals surface area contributed by atoms with Crippen LogP contribution < -0.4 is 26.2 Å². The minimum Gasteiger partial charge on any atom is -0.491 e. The summed E-state index contributed by atoms with van der Waals surface area (Å²) in [5, 5.41) is 9.06. The molecule has 45 heavy (non-hydrogen) atoms. The van der Waals surface area contributed by atoms with Crippen molar-refractivity contribution >= 4 is 17.7 Å². The van der Waals surface area contributed by atoms with E-state index < -0.39 is 11.5 Å². The molecule has 3 N–H and O–H groups in total. The molecule has 10 heteroatoms. The molecule has 1 aliphatic carbocycles. The fraction of sp³-hybridized carbons (Fsp3) is 0.600. The van der Waals surface area contributed by atoms with Gasteiger partial charge in [-0.2, -0.15) is 0 Å². The van der Waals surface area contributed by atoms with Gasteiger partial charge in [-0.05, 0) is 81.8 Å². The van der Waals surface area contributed by atoms with Crippen molar-refractivity contribution in [3.8, 4) is 5.75 Å². The van der Waals surface area contributed by atoms with Crippen LogP contribution in [0.4, 0.5) is 0 Å². The molecule has 3 heterocycles. The molecular weight excluding hydrogens is 570 g/mol. The van der Waals surface area contributed by atoms with Crippen molar-refractivity contribution in [3.63, 3.8) is 0 Å². The van der Waals surface area contributed by atoms with Crippen LogP contribution in [-0.2, 0) is 22.6 Å². The highest BCUT2D eigenvalue weighted by molar-refractivity contribution is 5.93. The number of aromatic nitrogens is 1. The minimum absolute atomic E-state index is 0.0355. The summed E-state index contributed by atoms with van der Waals surface area (Å²) in [6.45, 7) is 3.42. The van der Waals surface area contributed by atoms with Gasteiger partial charge < -0.3 is 30.2 Å². The number of pyridine rings is 1. The summed E-state index contributed by atoms with van der Waals surface area (Å²) < 4.78 is 7.30. The topological polar surface area (TPSA) is 122 Å². The number of nitrogens with zero attached hydrogens (tertiary/aromatic N) is 2. The Labute approximate surface area is 266 Å². The monoisotopic (exact) mass is 619 g/mol. The summed E-state index contributed by atoms with van der Waals surface area (Å²) in [4.78, 5) is 54.2. The molecule has 2 aromatic rings. The fourth-order valence-electron chi connectivity index (χ4n) is 7.05. The Hall–Kier alpha value is -3.66. The molecule has 10 nitrogen and oxygen atoms in total. The standard InChI is InChI=1S/C35H49N5O5/c41-31(38-28-12-4-1-5-13-28)26-40-21-9-14-29(33(40)43)32(42)36-19-24-39-22-17-35(18-23-39)16-8-2-3-10-27-11-6-7-15-30(27)45-25-20-37-34(35)44/h6-7,9,11,14-15,21,28H,1-5,8,10,12-13,16-20,22-26H2,(H,36,42)(H,37,44)(H,38,41). The Morgan fingerprint density at radius 3 is 2.53 bits per heavy atom. The second kappa shape index (κ2) is 16.1. The molecule has 0 radical (unpaired) electrons. The van der Waals surface area contributed by atoms with E-state index in [1.165, 1.54) is 22.6 Å². The Morgan fingerprint density at radius 2 is 1.71 bits per heavy atom. The average molecular weight is 620 g/mol. The van der Waals surface area contributed by atoms with Gasteiger partial charge in [0.05, 0.1) is 12.0 Å². The maximum absolute atomic E-state index is 13.4. The lowest BCUT2D eigenvalue weighted by molar-refractivity contribution is -0.134. The molecular formula is C35H49N5O5. The van der Waals surface area contributed by atoms with Crippen molar-refractivity contribution in [2.45, 2.75) is 89.6 Å². The maximum Gasteiger partial charge on any atom is 0.263 e. The molecule has 3 amide bonds. The number of hydrogen-bond donors (Lipinski definition) is 3. The first kappa shape index (κ1) is 32.7. The summed E-state index contributed by atoms with van der Waals surface area (Å²) in [5.41, 5.74) is 0.424. The van der Waals surface area contributed by atoms with Crippen molar-refractivity contribution in [2.24, 2.45) is 5.41 Å². The largest absolute Gasteiger partial charge is 0.491 e. The number of carbonyl (C=O) groups excluding carboxylic acids is 3. The van der Waals surface area contributed by atoms with Gasteiger partial charge in [-0.3, -0.25) is 19.2 Å². The Balaban J connectivity index is 1.08. The second-order valence-electron chi connectivity index (χ2n) is 12.9. The van der Waals surface area contributed by atoms with E-state index in [9.17, 15) is 19.2 Å². The smallest absolute Gasteiger partial charge is 0.263 e. The SMILES string of the molecule is O=C(Cn1cccc(C(=O)NCCN2CCC3(CCCCCc4ccccc4OCCNC3=O)CC2)c1=O)NC1CCCCC1. The van der Waals surface area contributed by atoms with E-state index in [1.807, 2.05) is 12.1 Å². The molecule has 5 rings (SSSR count). The van der Waals surface area contributed by atoms with Crippen LogP contribution in [0.25, 0.3) is 0 Å². The average Bonchev–Trinajstić information content (AvgIpc) is 3.06. The number of carbonyl (C=O) groups is 3. The van der Waals surface area contributed by atoms with Gasteiger partial charge in [-0.25, -0.2) is 0 Å². The first-order chi connectivity index (χ1) is 21.9. The van der Waals surface area contributed by atoms with Gasteiger partial charge >= 0.3 is 0 Å². The Morgan fingerprint density at radius 1 is 0.933 bits per heavy atom. The zero-order valence-corrected chi connectivity index (χ0v) is 26.5. The highest BCUT2D eigenvalue weighted by Crippen LogP contribution is 2.37. The van der Waals surface area contributed by atoms with Gasteiger partial charge in [0.25, 0.3) is 11.5 Å². The zero-order chi connectivity index (χ0) is 31.5. The predicted octanol–water partition coefficient (Wildman–Crippen LogP) is 3.42. The first-order valence-corrected chi connectivity index (χ1v) is 16.9. The van der Waals surface area contributed by atoms with Gasteiger partial charge in [0, 0.05) is 25.3 Å². The molecule has 0 atom stereocenters. The maximum atomic E-state index is 13.4. The van der Waals surface area contributed by atoms with E-state index in [1.54, 1.807) is 12.3 Å². The summed E-state index contributed by atoms with van der Waals surface area (Å²) in [6.07, 6.45) is 13.5. The molecule has 1 aromatic heterocycles. The summed E-state index contributed by atoms with van der Waals surface area (Å²) in [5.74, 6) is 0.402. The quantitative estimate of drug-likeness (QED) is 0.437.